The van der Waals surface area contributed by atoms with Crippen molar-refractivity contribution in [2.45, 2.75) is 19.4 Å². The van der Waals surface area contributed by atoms with Gasteiger partial charge in [0.05, 0.1) is 6.04 Å². The van der Waals surface area contributed by atoms with Gasteiger partial charge in [-0.05, 0) is 48.7 Å². The summed E-state index contributed by atoms with van der Waals surface area (Å²) in [5.74, 6) is 0.737. The third-order valence-corrected chi connectivity index (χ3v) is 4.45. The first kappa shape index (κ1) is 20.8. The van der Waals surface area contributed by atoms with E-state index in [0.717, 1.165) is 28.5 Å². The average Bonchev–Trinajstić information content (AvgIpc) is 2.66. The first-order valence-electron chi connectivity index (χ1n) is 8.94. The smallest absolute Gasteiger partial charge is 0.253 e. The first-order chi connectivity index (χ1) is 12.9. The van der Waals surface area contributed by atoms with E-state index in [4.69, 9.17) is 11.6 Å². The zero-order valence-electron chi connectivity index (χ0n) is 16.3. The third-order valence-electron chi connectivity index (χ3n) is 4.21. The fourth-order valence-corrected chi connectivity index (χ4v) is 2.90. The number of aliphatic imine (C=N–C) groups is 1. The van der Waals surface area contributed by atoms with Crippen LogP contribution < -0.4 is 10.6 Å². The minimum Gasteiger partial charge on any atom is -0.356 e. The molecule has 0 heterocycles. The van der Waals surface area contributed by atoms with Crippen molar-refractivity contribution in [2.24, 2.45) is 4.99 Å². The molecule has 1 atom stereocenters. The lowest BCUT2D eigenvalue weighted by atomic mass is 10.1. The summed E-state index contributed by atoms with van der Waals surface area (Å²) in [7, 11) is 5.26. The molecule has 0 bridgehead atoms. The van der Waals surface area contributed by atoms with Crippen molar-refractivity contribution < 1.29 is 4.79 Å². The fraction of sp³-hybridized carbons (Fsp3) is 0.333. The highest BCUT2D eigenvalue weighted by Gasteiger charge is 2.10. The average molecular weight is 387 g/mol. The number of carbonyl (C=O) groups excluding carboxylic acids is 1. The number of hydrogen-bond donors (Lipinski definition) is 2. The molecule has 0 spiro atoms. The van der Waals surface area contributed by atoms with E-state index in [0.29, 0.717) is 12.1 Å². The number of benzene rings is 2. The highest BCUT2D eigenvalue weighted by Crippen LogP contribution is 2.17. The summed E-state index contributed by atoms with van der Waals surface area (Å²) in [5, 5.41) is 7.39. The number of hydrogen-bond acceptors (Lipinski definition) is 2. The second-order valence-corrected chi connectivity index (χ2v) is 7.01. The van der Waals surface area contributed by atoms with Gasteiger partial charge in [-0.1, -0.05) is 35.9 Å². The number of carbonyl (C=O) groups is 1. The van der Waals surface area contributed by atoms with Gasteiger partial charge in [0.2, 0.25) is 0 Å². The number of amides is 1. The molecule has 2 rings (SSSR count). The molecule has 1 amide bonds. The van der Waals surface area contributed by atoms with Crippen LogP contribution in [0.15, 0.2) is 53.5 Å². The lowest BCUT2D eigenvalue weighted by Crippen LogP contribution is -2.39. The minimum absolute atomic E-state index is 0.0117. The van der Waals surface area contributed by atoms with Gasteiger partial charge in [-0.3, -0.25) is 9.79 Å². The molecule has 5 nitrogen and oxygen atoms in total. The summed E-state index contributed by atoms with van der Waals surface area (Å²) in [6, 6.07) is 15.6. The molecule has 0 aliphatic rings. The van der Waals surface area contributed by atoms with Crippen molar-refractivity contribution in [3.8, 4) is 0 Å². The topological polar surface area (TPSA) is 56.7 Å². The van der Waals surface area contributed by atoms with E-state index < -0.39 is 0 Å². The Morgan fingerprint density at radius 1 is 1.19 bits per heavy atom. The van der Waals surface area contributed by atoms with Crippen molar-refractivity contribution in [1.82, 2.24) is 15.5 Å². The molecule has 2 N–H and O–H groups in total. The molecule has 1 unspecified atom stereocenters. The highest BCUT2D eigenvalue weighted by molar-refractivity contribution is 6.30. The molecular weight excluding hydrogens is 360 g/mol. The lowest BCUT2D eigenvalue weighted by molar-refractivity contribution is 0.0827. The predicted molar refractivity (Wildman–Crippen MR) is 113 cm³/mol. The minimum atomic E-state index is 0.0117. The molecule has 144 valence electrons. The van der Waals surface area contributed by atoms with Crippen molar-refractivity contribution in [3.05, 3.63) is 70.2 Å². The van der Waals surface area contributed by atoms with Crippen LogP contribution in [-0.4, -0.2) is 44.5 Å². The molecule has 27 heavy (non-hydrogen) atoms. The van der Waals surface area contributed by atoms with Gasteiger partial charge in [-0.25, -0.2) is 0 Å². The van der Waals surface area contributed by atoms with Crippen molar-refractivity contribution in [1.29, 1.82) is 0 Å². The largest absolute Gasteiger partial charge is 0.356 e. The summed E-state index contributed by atoms with van der Waals surface area (Å²) >= 11 is 6.06. The Hall–Kier alpha value is -2.53. The molecule has 0 fully saturated rings. The van der Waals surface area contributed by atoms with Crippen LogP contribution in [0.2, 0.25) is 5.02 Å². The van der Waals surface area contributed by atoms with Crippen LogP contribution in [0.25, 0.3) is 0 Å². The molecular formula is C21H27ClN4O. The zero-order valence-corrected chi connectivity index (χ0v) is 17.0. The standard InChI is InChI=1S/C21H27ClN4O/c1-15(17-8-6-10-19(22)14-17)25-21(23-2)24-12-11-16-7-5-9-18(13-16)20(27)26(3)4/h5-10,13-15H,11-12H2,1-4H3,(H2,23,24,25). The number of guanidine groups is 1. The van der Waals surface area contributed by atoms with Crippen LogP contribution >= 0.6 is 11.6 Å². The molecule has 0 saturated heterocycles. The summed E-state index contributed by atoms with van der Waals surface area (Å²) in [6.07, 6.45) is 0.792. The number of halogens is 1. The van der Waals surface area contributed by atoms with Gasteiger partial charge in [0.25, 0.3) is 5.91 Å². The Morgan fingerprint density at radius 2 is 1.93 bits per heavy atom. The maximum absolute atomic E-state index is 12.1. The maximum Gasteiger partial charge on any atom is 0.253 e. The van der Waals surface area contributed by atoms with E-state index in [1.54, 1.807) is 26.0 Å². The van der Waals surface area contributed by atoms with Crippen LogP contribution in [-0.2, 0) is 6.42 Å². The Labute approximate surface area is 166 Å². The molecule has 2 aromatic carbocycles. The van der Waals surface area contributed by atoms with Crippen LogP contribution in [0, 0.1) is 0 Å². The highest BCUT2D eigenvalue weighted by atomic mass is 35.5. The van der Waals surface area contributed by atoms with Gasteiger partial charge in [-0.15, -0.1) is 0 Å². The third kappa shape index (κ3) is 6.29. The Kier molecular flexibility index (Phi) is 7.67. The Bertz CT molecular complexity index is 804. The number of rotatable bonds is 6. The van der Waals surface area contributed by atoms with E-state index in [-0.39, 0.29) is 11.9 Å². The molecule has 0 saturated carbocycles. The lowest BCUT2D eigenvalue weighted by Gasteiger charge is -2.18. The van der Waals surface area contributed by atoms with Gasteiger partial charge in [0, 0.05) is 38.3 Å². The summed E-state index contributed by atoms with van der Waals surface area (Å²) in [6.45, 7) is 2.77. The van der Waals surface area contributed by atoms with E-state index in [9.17, 15) is 4.79 Å². The van der Waals surface area contributed by atoms with Gasteiger partial charge < -0.3 is 15.5 Å². The molecule has 0 aliphatic heterocycles. The van der Waals surface area contributed by atoms with E-state index in [1.807, 2.05) is 48.5 Å². The van der Waals surface area contributed by atoms with Gasteiger partial charge in [-0.2, -0.15) is 0 Å². The number of nitrogens with one attached hydrogen (secondary N) is 2. The van der Waals surface area contributed by atoms with Crippen molar-refractivity contribution in [3.63, 3.8) is 0 Å². The quantitative estimate of drug-likeness (QED) is 0.590. The van der Waals surface area contributed by atoms with E-state index >= 15 is 0 Å². The monoisotopic (exact) mass is 386 g/mol. The molecule has 6 heteroatoms. The second-order valence-electron chi connectivity index (χ2n) is 6.57. The Morgan fingerprint density at radius 3 is 2.59 bits per heavy atom. The van der Waals surface area contributed by atoms with Crippen LogP contribution in [0.5, 0.6) is 0 Å². The Balaban J connectivity index is 1.90. The van der Waals surface area contributed by atoms with Crippen molar-refractivity contribution >= 4 is 23.5 Å². The first-order valence-corrected chi connectivity index (χ1v) is 9.31. The predicted octanol–water partition coefficient (Wildman–Crippen LogP) is 3.51. The van der Waals surface area contributed by atoms with Crippen LogP contribution in [0.1, 0.15) is 34.5 Å². The van der Waals surface area contributed by atoms with Gasteiger partial charge in [0.1, 0.15) is 0 Å². The molecule has 0 aromatic heterocycles. The summed E-state index contributed by atoms with van der Waals surface area (Å²) in [4.78, 5) is 17.9. The fourth-order valence-electron chi connectivity index (χ4n) is 2.70. The SMILES string of the molecule is CN=C(NCCc1cccc(C(=O)N(C)C)c1)NC(C)c1cccc(Cl)c1. The zero-order chi connectivity index (χ0) is 19.8. The summed E-state index contributed by atoms with van der Waals surface area (Å²) < 4.78 is 0. The van der Waals surface area contributed by atoms with Gasteiger partial charge in [0.15, 0.2) is 5.96 Å². The van der Waals surface area contributed by atoms with Crippen LogP contribution in [0.3, 0.4) is 0 Å². The van der Waals surface area contributed by atoms with Gasteiger partial charge >= 0.3 is 0 Å². The van der Waals surface area contributed by atoms with Crippen molar-refractivity contribution in [2.75, 3.05) is 27.7 Å². The molecule has 0 aliphatic carbocycles. The van der Waals surface area contributed by atoms with Crippen LogP contribution in [0.4, 0.5) is 0 Å². The maximum atomic E-state index is 12.1. The summed E-state index contributed by atoms with van der Waals surface area (Å²) in [5.41, 5.74) is 2.91. The van der Waals surface area contributed by atoms with E-state index in [1.165, 1.54) is 0 Å². The molecule has 0 radical (unpaired) electrons. The molecule has 2 aromatic rings. The normalized spacial score (nSPS) is 12.4. The second kappa shape index (κ2) is 9.97. The number of nitrogens with zero attached hydrogens (tertiary/aromatic N) is 2. The van der Waals surface area contributed by atoms with E-state index in [2.05, 4.69) is 22.5 Å².